The standard InChI is InChI=1S/C20H23F3N2O2/c21-20(22,23)16-5-2-8-24(12-16)19(27)15-10-18(26)25(11-15)17-7-6-13-3-1-4-14(13)9-17/h6-7,9,15-16H,1-5,8,10-12H2/t15-,16-/m1/s1. The maximum atomic E-state index is 13.0. The first-order valence-corrected chi connectivity index (χ1v) is 9.60. The molecule has 0 aromatic heterocycles. The number of hydrogen-bond donors (Lipinski definition) is 0. The number of alkyl halides is 3. The van der Waals surface area contributed by atoms with Gasteiger partial charge in [0.1, 0.15) is 0 Å². The molecule has 0 N–H and O–H groups in total. The number of benzene rings is 1. The van der Waals surface area contributed by atoms with Crippen molar-refractivity contribution in [3.8, 4) is 0 Å². The fourth-order valence-corrected chi connectivity index (χ4v) is 4.55. The van der Waals surface area contributed by atoms with Gasteiger partial charge in [0.05, 0.1) is 11.8 Å². The molecule has 146 valence electrons. The summed E-state index contributed by atoms with van der Waals surface area (Å²) < 4.78 is 39.0. The largest absolute Gasteiger partial charge is 0.393 e. The molecule has 2 heterocycles. The molecule has 0 bridgehead atoms. The van der Waals surface area contributed by atoms with E-state index in [0.717, 1.165) is 24.9 Å². The molecule has 1 aliphatic carbocycles. The number of carbonyl (C=O) groups is 2. The summed E-state index contributed by atoms with van der Waals surface area (Å²) in [5.41, 5.74) is 3.35. The molecule has 27 heavy (non-hydrogen) atoms. The molecule has 3 aliphatic rings. The van der Waals surface area contributed by atoms with Crippen LogP contribution >= 0.6 is 0 Å². The van der Waals surface area contributed by atoms with Gasteiger partial charge in [-0.2, -0.15) is 13.2 Å². The lowest BCUT2D eigenvalue weighted by Gasteiger charge is -2.35. The van der Waals surface area contributed by atoms with Gasteiger partial charge >= 0.3 is 6.18 Å². The minimum absolute atomic E-state index is 0.0676. The van der Waals surface area contributed by atoms with Crippen LogP contribution in [0, 0.1) is 11.8 Å². The highest BCUT2D eigenvalue weighted by Gasteiger charge is 2.45. The van der Waals surface area contributed by atoms with Crippen molar-refractivity contribution in [2.24, 2.45) is 11.8 Å². The van der Waals surface area contributed by atoms with Crippen molar-refractivity contribution in [1.82, 2.24) is 4.90 Å². The van der Waals surface area contributed by atoms with Crippen LogP contribution < -0.4 is 4.90 Å². The monoisotopic (exact) mass is 380 g/mol. The molecule has 0 radical (unpaired) electrons. The zero-order valence-electron chi connectivity index (χ0n) is 15.1. The third kappa shape index (κ3) is 3.56. The summed E-state index contributed by atoms with van der Waals surface area (Å²) in [7, 11) is 0. The van der Waals surface area contributed by atoms with Crippen LogP contribution in [0.25, 0.3) is 0 Å². The molecule has 2 fully saturated rings. The van der Waals surface area contributed by atoms with Crippen LogP contribution in [0.3, 0.4) is 0 Å². The van der Waals surface area contributed by atoms with Crippen LogP contribution in [0.2, 0.25) is 0 Å². The topological polar surface area (TPSA) is 40.6 Å². The molecule has 1 aromatic carbocycles. The highest BCUT2D eigenvalue weighted by Crippen LogP contribution is 2.35. The number of nitrogens with zero attached hydrogens (tertiary/aromatic N) is 2. The minimum atomic E-state index is -4.28. The minimum Gasteiger partial charge on any atom is -0.342 e. The molecule has 4 nitrogen and oxygen atoms in total. The lowest BCUT2D eigenvalue weighted by atomic mass is 9.96. The number of anilines is 1. The van der Waals surface area contributed by atoms with Crippen molar-refractivity contribution in [3.05, 3.63) is 29.3 Å². The number of fused-ring (bicyclic) bond motifs is 1. The number of carbonyl (C=O) groups excluding carboxylic acids is 2. The first-order valence-electron chi connectivity index (χ1n) is 9.60. The zero-order valence-corrected chi connectivity index (χ0v) is 15.1. The van der Waals surface area contributed by atoms with Gasteiger partial charge in [0.2, 0.25) is 11.8 Å². The molecule has 2 saturated heterocycles. The summed E-state index contributed by atoms with van der Waals surface area (Å²) in [4.78, 5) is 28.2. The van der Waals surface area contributed by atoms with E-state index < -0.39 is 18.0 Å². The first kappa shape index (κ1) is 18.3. The van der Waals surface area contributed by atoms with E-state index in [-0.39, 0.29) is 37.7 Å². The molecule has 4 rings (SSSR count). The summed E-state index contributed by atoms with van der Waals surface area (Å²) in [6.07, 6.45) is -0.614. The third-order valence-electron chi connectivity index (χ3n) is 6.06. The number of hydrogen-bond acceptors (Lipinski definition) is 2. The Morgan fingerprint density at radius 2 is 1.85 bits per heavy atom. The summed E-state index contributed by atoms with van der Waals surface area (Å²) in [6.45, 7) is 0.310. The van der Waals surface area contributed by atoms with Crippen LogP contribution in [-0.2, 0) is 22.4 Å². The van der Waals surface area contributed by atoms with Gasteiger partial charge in [-0.25, -0.2) is 0 Å². The second-order valence-electron chi connectivity index (χ2n) is 7.88. The fraction of sp³-hybridized carbons (Fsp3) is 0.600. The molecule has 0 unspecified atom stereocenters. The Bertz CT molecular complexity index is 762. The van der Waals surface area contributed by atoms with E-state index in [0.29, 0.717) is 13.0 Å². The molecule has 0 spiro atoms. The Kier molecular flexibility index (Phi) is 4.64. The van der Waals surface area contributed by atoms with Crippen molar-refractivity contribution < 1.29 is 22.8 Å². The fourth-order valence-electron chi connectivity index (χ4n) is 4.55. The van der Waals surface area contributed by atoms with Crippen LogP contribution in [0.1, 0.15) is 36.8 Å². The van der Waals surface area contributed by atoms with E-state index >= 15 is 0 Å². The van der Waals surface area contributed by atoms with Gasteiger partial charge in [-0.15, -0.1) is 0 Å². The van der Waals surface area contributed by atoms with Crippen LogP contribution in [-0.4, -0.2) is 42.5 Å². The number of rotatable bonds is 2. The highest BCUT2D eigenvalue weighted by atomic mass is 19.4. The van der Waals surface area contributed by atoms with Gasteiger partial charge in [-0.05, 0) is 55.4 Å². The van der Waals surface area contributed by atoms with E-state index in [1.807, 2.05) is 18.2 Å². The average Bonchev–Trinajstić information content (AvgIpc) is 3.26. The van der Waals surface area contributed by atoms with Gasteiger partial charge in [-0.3, -0.25) is 9.59 Å². The summed E-state index contributed by atoms with van der Waals surface area (Å²) >= 11 is 0. The maximum absolute atomic E-state index is 13.0. The molecule has 7 heteroatoms. The predicted octanol–water partition coefficient (Wildman–Crippen LogP) is 3.33. The smallest absolute Gasteiger partial charge is 0.342 e. The van der Waals surface area contributed by atoms with Gasteiger partial charge in [0.25, 0.3) is 0 Å². The van der Waals surface area contributed by atoms with E-state index in [9.17, 15) is 22.8 Å². The quantitative estimate of drug-likeness (QED) is 0.790. The molecule has 2 amide bonds. The highest BCUT2D eigenvalue weighted by molar-refractivity contribution is 6.00. The average molecular weight is 380 g/mol. The Labute approximate surface area is 156 Å². The van der Waals surface area contributed by atoms with Crippen LogP contribution in [0.4, 0.5) is 18.9 Å². The number of halogens is 3. The van der Waals surface area contributed by atoms with Crippen molar-refractivity contribution in [3.63, 3.8) is 0 Å². The molecule has 2 aliphatic heterocycles. The van der Waals surface area contributed by atoms with Crippen LogP contribution in [0.5, 0.6) is 0 Å². The van der Waals surface area contributed by atoms with E-state index in [1.54, 1.807) is 4.90 Å². The first-order chi connectivity index (χ1) is 12.8. The molecular weight excluding hydrogens is 357 g/mol. The van der Waals surface area contributed by atoms with Gasteiger partial charge in [0, 0.05) is 31.7 Å². The number of piperidine rings is 1. The lowest BCUT2D eigenvalue weighted by molar-refractivity contribution is -0.188. The second-order valence-corrected chi connectivity index (χ2v) is 7.88. The Morgan fingerprint density at radius 3 is 2.63 bits per heavy atom. The summed E-state index contributed by atoms with van der Waals surface area (Å²) in [5.74, 6) is -2.46. The molecular formula is C20H23F3N2O2. The van der Waals surface area contributed by atoms with Crippen molar-refractivity contribution >= 4 is 17.5 Å². The van der Waals surface area contributed by atoms with E-state index in [4.69, 9.17) is 0 Å². The number of amides is 2. The maximum Gasteiger partial charge on any atom is 0.393 e. The summed E-state index contributed by atoms with van der Waals surface area (Å²) in [6, 6.07) is 5.97. The van der Waals surface area contributed by atoms with Crippen molar-refractivity contribution in [2.75, 3.05) is 24.5 Å². The Morgan fingerprint density at radius 1 is 1.07 bits per heavy atom. The van der Waals surface area contributed by atoms with Gasteiger partial charge < -0.3 is 9.80 Å². The normalized spacial score (nSPS) is 25.8. The van der Waals surface area contributed by atoms with E-state index in [2.05, 4.69) is 0 Å². The van der Waals surface area contributed by atoms with Crippen LogP contribution in [0.15, 0.2) is 18.2 Å². The lowest BCUT2D eigenvalue weighted by Crippen LogP contribution is -2.47. The zero-order chi connectivity index (χ0) is 19.2. The molecule has 2 atom stereocenters. The predicted molar refractivity (Wildman–Crippen MR) is 94.3 cm³/mol. The SMILES string of the molecule is O=C([C@@H]1CC(=O)N(c2ccc3c(c2)CCC3)C1)N1CCC[C@@H](C(F)(F)F)C1. The Balaban J connectivity index is 1.45. The number of likely N-dealkylation sites (tertiary alicyclic amines) is 1. The van der Waals surface area contributed by atoms with Crippen molar-refractivity contribution in [1.29, 1.82) is 0 Å². The Hall–Kier alpha value is -2.05. The number of aryl methyl sites for hydroxylation is 2. The third-order valence-corrected chi connectivity index (χ3v) is 6.06. The van der Waals surface area contributed by atoms with Gasteiger partial charge in [0.15, 0.2) is 0 Å². The van der Waals surface area contributed by atoms with Gasteiger partial charge in [-0.1, -0.05) is 6.07 Å². The summed E-state index contributed by atoms with van der Waals surface area (Å²) in [5, 5.41) is 0. The van der Waals surface area contributed by atoms with Crippen molar-refractivity contribution in [2.45, 2.75) is 44.7 Å². The molecule has 1 aromatic rings. The van der Waals surface area contributed by atoms with E-state index in [1.165, 1.54) is 16.0 Å². The second kappa shape index (κ2) is 6.84. The molecule has 0 saturated carbocycles.